The van der Waals surface area contributed by atoms with Gasteiger partial charge in [-0.2, -0.15) is 13.2 Å². The molecule has 1 unspecified atom stereocenters. The minimum Gasteiger partial charge on any atom is -0.396 e. The Morgan fingerprint density at radius 3 is 2.35 bits per heavy atom. The highest BCUT2D eigenvalue weighted by molar-refractivity contribution is 6.13. The van der Waals surface area contributed by atoms with Crippen molar-refractivity contribution in [1.29, 1.82) is 0 Å². The van der Waals surface area contributed by atoms with Crippen LogP contribution in [0.25, 0.3) is 16.7 Å². The monoisotopic (exact) mass is 435 g/mol. The highest BCUT2D eigenvalue weighted by Crippen LogP contribution is 2.54. The maximum Gasteiger partial charge on any atom is 0.399 e. The Labute approximate surface area is 178 Å². The molecular formula is C24H25F4NO2. The van der Waals surface area contributed by atoms with E-state index >= 15 is 0 Å². The maximum absolute atomic E-state index is 14.6. The molecule has 7 heteroatoms. The molecular weight excluding hydrogens is 410 g/mol. The average Bonchev–Trinajstić information content (AvgIpc) is 3.06. The van der Waals surface area contributed by atoms with Crippen LogP contribution >= 0.6 is 0 Å². The fraction of sp³-hybridized carbons (Fsp3) is 0.375. The highest BCUT2D eigenvalue weighted by atomic mass is 19.4. The third kappa shape index (κ3) is 4.16. The lowest BCUT2D eigenvalue weighted by Crippen LogP contribution is -2.32. The number of alkyl halides is 3. The predicted octanol–water partition coefficient (Wildman–Crippen LogP) is 5.21. The smallest absolute Gasteiger partial charge is 0.396 e. The van der Waals surface area contributed by atoms with E-state index in [0.29, 0.717) is 22.3 Å². The van der Waals surface area contributed by atoms with E-state index in [1.807, 2.05) is 0 Å². The lowest BCUT2D eigenvalue weighted by Gasteiger charge is -2.30. The van der Waals surface area contributed by atoms with Crippen molar-refractivity contribution in [3.8, 4) is 11.1 Å². The van der Waals surface area contributed by atoms with Gasteiger partial charge in [0.25, 0.3) is 0 Å². The van der Waals surface area contributed by atoms with Crippen LogP contribution in [0.1, 0.15) is 36.5 Å². The molecule has 2 aromatic carbocycles. The molecule has 0 amide bonds. The largest absolute Gasteiger partial charge is 0.399 e. The predicted molar refractivity (Wildman–Crippen MR) is 114 cm³/mol. The van der Waals surface area contributed by atoms with E-state index < -0.39 is 23.3 Å². The molecule has 0 heterocycles. The molecule has 3 nitrogen and oxygen atoms in total. The molecule has 0 saturated carbocycles. The van der Waals surface area contributed by atoms with Crippen LogP contribution in [0, 0.1) is 17.2 Å². The van der Waals surface area contributed by atoms with Gasteiger partial charge in [0.1, 0.15) is 11.7 Å². The summed E-state index contributed by atoms with van der Waals surface area (Å²) in [5.41, 5.74) is 0.557. The summed E-state index contributed by atoms with van der Waals surface area (Å²) in [7, 11) is 1.52. The summed E-state index contributed by atoms with van der Waals surface area (Å²) >= 11 is 0. The maximum atomic E-state index is 14.6. The van der Waals surface area contributed by atoms with E-state index in [-0.39, 0.29) is 30.3 Å². The molecule has 0 bridgehead atoms. The van der Waals surface area contributed by atoms with Gasteiger partial charge >= 0.3 is 6.18 Å². The normalized spacial score (nSPS) is 17.7. The van der Waals surface area contributed by atoms with Crippen molar-refractivity contribution >= 4 is 11.8 Å². The van der Waals surface area contributed by atoms with Crippen LogP contribution in [-0.4, -0.2) is 42.9 Å². The molecule has 0 spiro atoms. The van der Waals surface area contributed by atoms with Gasteiger partial charge in [0.2, 0.25) is 0 Å². The molecule has 0 aliphatic heterocycles. The number of hydrogen-bond donors (Lipinski definition) is 2. The quantitative estimate of drug-likeness (QED) is 0.483. The second-order valence-corrected chi connectivity index (χ2v) is 8.25. The number of aliphatic hydroxyl groups is 2. The first-order valence-corrected chi connectivity index (χ1v) is 9.93. The number of allylic oxidation sites excluding steroid dienone is 2. The Morgan fingerprint density at radius 2 is 1.77 bits per heavy atom. The molecule has 2 atom stereocenters. The molecule has 2 N–H and O–H groups in total. The Balaban J connectivity index is 2.30. The van der Waals surface area contributed by atoms with Gasteiger partial charge < -0.3 is 10.2 Å². The molecule has 0 saturated heterocycles. The number of hydrogen-bond acceptors (Lipinski definition) is 3. The topological polar surface area (TPSA) is 52.8 Å². The Kier molecular flexibility index (Phi) is 6.39. The third-order valence-electron chi connectivity index (χ3n) is 6.14. The van der Waals surface area contributed by atoms with Crippen LogP contribution in [0.3, 0.4) is 0 Å². The summed E-state index contributed by atoms with van der Waals surface area (Å²) in [5, 5.41) is 19.4. The fourth-order valence-corrected chi connectivity index (χ4v) is 4.03. The molecule has 1 aliphatic rings. The number of nitrogens with zero attached hydrogens (tertiary/aromatic N) is 1. The minimum absolute atomic E-state index is 0.0910. The van der Waals surface area contributed by atoms with Crippen LogP contribution in [0.2, 0.25) is 0 Å². The van der Waals surface area contributed by atoms with E-state index in [2.05, 4.69) is 4.99 Å². The summed E-state index contributed by atoms with van der Waals surface area (Å²) in [6, 6.07) is 8.39. The first-order chi connectivity index (χ1) is 14.6. The summed E-state index contributed by atoms with van der Waals surface area (Å²) in [4.78, 5) is 4.02. The van der Waals surface area contributed by atoms with E-state index in [9.17, 15) is 27.8 Å². The number of rotatable bonds is 6. The van der Waals surface area contributed by atoms with Crippen molar-refractivity contribution in [2.45, 2.75) is 25.9 Å². The third-order valence-corrected chi connectivity index (χ3v) is 6.14. The van der Waals surface area contributed by atoms with Gasteiger partial charge in [-0.25, -0.2) is 4.39 Å². The molecule has 0 radical (unpaired) electrons. The van der Waals surface area contributed by atoms with Crippen LogP contribution in [0.5, 0.6) is 0 Å². The number of benzene rings is 2. The van der Waals surface area contributed by atoms with Crippen molar-refractivity contribution in [1.82, 2.24) is 0 Å². The first-order valence-electron chi connectivity index (χ1n) is 9.93. The lowest BCUT2D eigenvalue weighted by molar-refractivity contribution is -0.140. The van der Waals surface area contributed by atoms with Gasteiger partial charge in [0.15, 0.2) is 0 Å². The molecule has 0 aromatic heterocycles. The van der Waals surface area contributed by atoms with E-state index in [1.54, 1.807) is 38.1 Å². The Hall–Kier alpha value is -2.51. The second-order valence-electron chi connectivity index (χ2n) is 8.25. The summed E-state index contributed by atoms with van der Waals surface area (Å²) in [6.07, 6.45) is -1.41. The number of fused-ring (bicyclic) bond motifs is 3. The molecule has 31 heavy (non-hydrogen) atoms. The van der Waals surface area contributed by atoms with E-state index in [4.69, 9.17) is 0 Å². The molecule has 2 aromatic rings. The van der Waals surface area contributed by atoms with Crippen LogP contribution in [0.15, 0.2) is 47.5 Å². The summed E-state index contributed by atoms with van der Waals surface area (Å²) in [6.45, 7) is 2.89. The van der Waals surface area contributed by atoms with E-state index in [0.717, 1.165) is 6.07 Å². The zero-order valence-electron chi connectivity index (χ0n) is 17.5. The van der Waals surface area contributed by atoms with Gasteiger partial charge in [-0.3, -0.25) is 4.99 Å². The SMILES string of the molecule is CN=C/C(=C\C(C)C(C)(CO)CO)c1cc(F)cc2c1-c1ccccc1[C@@H]2C(F)(F)F. The molecule has 3 rings (SSSR count). The van der Waals surface area contributed by atoms with Crippen molar-refractivity contribution in [3.05, 3.63) is 65.0 Å². The zero-order chi connectivity index (χ0) is 23.0. The van der Waals surface area contributed by atoms with E-state index in [1.165, 1.54) is 25.4 Å². The van der Waals surface area contributed by atoms with Crippen LogP contribution < -0.4 is 0 Å². The standard InChI is InChI=1S/C24H25F4NO2/c1-14(23(2,12-30)13-31)8-15(11-29-3)19-9-16(25)10-20-21(19)17-6-4-5-7-18(17)22(20)24(26,27)28/h4-11,14,22,30-31H,12-13H2,1-3H3/b15-8+,29-11?/t14?,22-/m0/s1. The average molecular weight is 435 g/mol. The molecule has 166 valence electrons. The van der Waals surface area contributed by atoms with Crippen molar-refractivity contribution in [3.63, 3.8) is 0 Å². The van der Waals surface area contributed by atoms with Crippen molar-refractivity contribution in [2.24, 2.45) is 16.3 Å². The molecule has 1 aliphatic carbocycles. The number of aliphatic imine (C=N–C) groups is 1. The second kappa shape index (κ2) is 8.55. The fourth-order valence-electron chi connectivity index (χ4n) is 4.03. The van der Waals surface area contributed by atoms with Gasteiger partial charge in [0.05, 0.1) is 13.2 Å². The lowest BCUT2D eigenvalue weighted by atomic mass is 9.78. The highest BCUT2D eigenvalue weighted by Gasteiger charge is 2.48. The Bertz CT molecular complexity index is 1020. The molecule has 0 fully saturated rings. The first kappa shape index (κ1) is 23.2. The number of halogens is 4. The zero-order valence-corrected chi connectivity index (χ0v) is 17.5. The van der Waals surface area contributed by atoms with Crippen molar-refractivity contribution < 1.29 is 27.8 Å². The van der Waals surface area contributed by atoms with Gasteiger partial charge in [0, 0.05) is 18.7 Å². The van der Waals surface area contributed by atoms with Crippen LogP contribution in [0.4, 0.5) is 17.6 Å². The Morgan fingerprint density at radius 1 is 1.13 bits per heavy atom. The number of aliphatic hydroxyl groups excluding tert-OH is 2. The minimum atomic E-state index is -4.57. The van der Waals surface area contributed by atoms with Gasteiger partial charge in [-0.05, 0) is 51.4 Å². The van der Waals surface area contributed by atoms with Crippen LogP contribution in [-0.2, 0) is 0 Å². The summed E-state index contributed by atoms with van der Waals surface area (Å²) in [5.74, 6) is -3.05. The van der Waals surface area contributed by atoms with Crippen molar-refractivity contribution in [2.75, 3.05) is 20.3 Å². The van der Waals surface area contributed by atoms with Gasteiger partial charge in [-0.1, -0.05) is 44.2 Å². The summed E-state index contributed by atoms with van der Waals surface area (Å²) < 4.78 is 56.5. The van der Waals surface area contributed by atoms with Gasteiger partial charge in [-0.15, -0.1) is 0 Å².